The van der Waals surface area contributed by atoms with E-state index in [4.69, 9.17) is 0 Å². The second-order valence-electron chi connectivity index (χ2n) is 5.36. The van der Waals surface area contributed by atoms with E-state index in [2.05, 4.69) is 36.9 Å². The highest BCUT2D eigenvalue weighted by molar-refractivity contribution is 7.80. The molecular formula is C20H14OS. The van der Waals surface area contributed by atoms with Crippen molar-refractivity contribution in [3.63, 3.8) is 0 Å². The molecule has 0 heterocycles. The van der Waals surface area contributed by atoms with Gasteiger partial charge in [0.2, 0.25) is 0 Å². The Balaban J connectivity index is 2.21. The minimum Gasteiger partial charge on any atom is -0.507 e. The van der Waals surface area contributed by atoms with Crippen LogP contribution in [0.2, 0.25) is 0 Å². The zero-order valence-electron chi connectivity index (χ0n) is 11.8. The molecule has 1 N–H and O–H groups in total. The zero-order valence-corrected chi connectivity index (χ0v) is 12.7. The highest BCUT2D eigenvalue weighted by atomic mass is 32.1. The molecule has 1 nitrogen and oxygen atoms in total. The molecule has 0 amide bonds. The Kier molecular flexibility index (Phi) is 3.05. The molecule has 4 aromatic rings. The summed E-state index contributed by atoms with van der Waals surface area (Å²) in [5.41, 5.74) is 1.83. The van der Waals surface area contributed by atoms with Gasteiger partial charge in [-0.25, -0.2) is 0 Å². The normalized spacial score (nSPS) is 11.1. The number of benzene rings is 4. The van der Waals surface area contributed by atoms with E-state index in [1.165, 1.54) is 0 Å². The van der Waals surface area contributed by atoms with Crippen molar-refractivity contribution >= 4 is 34.2 Å². The summed E-state index contributed by atoms with van der Waals surface area (Å²) in [6.07, 6.45) is 0. The molecule has 0 spiro atoms. The first-order valence-electron chi connectivity index (χ1n) is 7.17. The van der Waals surface area contributed by atoms with Crippen molar-refractivity contribution in [2.45, 2.75) is 4.90 Å². The van der Waals surface area contributed by atoms with Crippen molar-refractivity contribution in [3.8, 4) is 16.9 Å². The molecule has 0 saturated carbocycles. The lowest BCUT2D eigenvalue weighted by molar-refractivity contribution is 0.478. The van der Waals surface area contributed by atoms with E-state index in [1.54, 1.807) is 6.07 Å². The lowest BCUT2D eigenvalue weighted by Crippen LogP contribution is -1.87. The van der Waals surface area contributed by atoms with Gasteiger partial charge in [0.15, 0.2) is 0 Å². The quantitative estimate of drug-likeness (QED) is 0.435. The van der Waals surface area contributed by atoms with Gasteiger partial charge in [0.25, 0.3) is 0 Å². The van der Waals surface area contributed by atoms with Crippen molar-refractivity contribution in [1.82, 2.24) is 0 Å². The van der Waals surface area contributed by atoms with Crippen LogP contribution >= 0.6 is 12.6 Å². The molecule has 0 radical (unpaired) electrons. The fourth-order valence-corrected chi connectivity index (χ4v) is 3.35. The van der Waals surface area contributed by atoms with E-state index in [0.29, 0.717) is 0 Å². The van der Waals surface area contributed by atoms with Gasteiger partial charge in [-0.3, -0.25) is 0 Å². The third kappa shape index (κ3) is 1.96. The molecule has 0 aliphatic carbocycles. The number of hydrogen-bond donors (Lipinski definition) is 2. The maximum Gasteiger partial charge on any atom is 0.124 e. The van der Waals surface area contributed by atoms with E-state index >= 15 is 0 Å². The van der Waals surface area contributed by atoms with Gasteiger partial charge < -0.3 is 5.11 Å². The number of phenolic OH excluding ortho intramolecular Hbond substituents is 1. The van der Waals surface area contributed by atoms with Crippen molar-refractivity contribution in [3.05, 3.63) is 72.8 Å². The second-order valence-corrected chi connectivity index (χ2v) is 5.84. The van der Waals surface area contributed by atoms with Gasteiger partial charge in [-0.2, -0.15) is 0 Å². The SMILES string of the molecule is Oc1ccc2ccccc2c1-c1c(S)ccc2ccccc12. The molecule has 0 bridgehead atoms. The van der Waals surface area contributed by atoms with Crippen LogP contribution in [0.25, 0.3) is 32.7 Å². The van der Waals surface area contributed by atoms with E-state index < -0.39 is 0 Å². The second kappa shape index (κ2) is 5.08. The molecular weight excluding hydrogens is 288 g/mol. The van der Waals surface area contributed by atoms with Crippen molar-refractivity contribution in [2.24, 2.45) is 0 Å². The number of rotatable bonds is 1. The number of hydrogen-bond acceptors (Lipinski definition) is 2. The third-order valence-corrected chi connectivity index (χ3v) is 4.44. The first kappa shape index (κ1) is 13.2. The van der Waals surface area contributed by atoms with Crippen LogP contribution in [0.1, 0.15) is 0 Å². The average molecular weight is 302 g/mol. The van der Waals surface area contributed by atoms with Crippen LogP contribution in [0.4, 0.5) is 0 Å². The molecule has 0 aliphatic rings. The predicted molar refractivity (Wildman–Crippen MR) is 95.8 cm³/mol. The Morgan fingerprint density at radius 1 is 0.591 bits per heavy atom. The van der Waals surface area contributed by atoms with Crippen LogP contribution in [0.15, 0.2) is 77.7 Å². The summed E-state index contributed by atoms with van der Waals surface area (Å²) in [6, 6.07) is 24.0. The Labute approximate surface area is 134 Å². The van der Waals surface area contributed by atoms with Crippen LogP contribution in [0.5, 0.6) is 5.75 Å². The van der Waals surface area contributed by atoms with Gasteiger partial charge in [-0.05, 0) is 33.7 Å². The summed E-state index contributed by atoms with van der Waals surface area (Å²) in [6.45, 7) is 0. The zero-order chi connectivity index (χ0) is 15.1. The van der Waals surface area contributed by atoms with Gasteiger partial charge in [0, 0.05) is 16.0 Å². The lowest BCUT2D eigenvalue weighted by Gasteiger charge is -2.14. The summed E-state index contributed by atoms with van der Waals surface area (Å²) in [7, 11) is 0. The van der Waals surface area contributed by atoms with Crippen LogP contribution in [0.3, 0.4) is 0 Å². The molecule has 22 heavy (non-hydrogen) atoms. The molecule has 4 rings (SSSR count). The van der Waals surface area contributed by atoms with Crippen molar-refractivity contribution in [2.75, 3.05) is 0 Å². The number of phenols is 1. The summed E-state index contributed by atoms with van der Waals surface area (Å²) in [5, 5.41) is 14.9. The van der Waals surface area contributed by atoms with E-state index in [9.17, 15) is 5.11 Å². The predicted octanol–water partition coefficient (Wildman–Crippen LogP) is 5.65. The van der Waals surface area contributed by atoms with E-state index in [-0.39, 0.29) is 5.75 Å². The molecule has 4 aromatic carbocycles. The number of aromatic hydroxyl groups is 1. The highest BCUT2D eigenvalue weighted by Crippen LogP contribution is 2.42. The highest BCUT2D eigenvalue weighted by Gasteiger charge is 2.14. The molecule has 0 unspecified atom stereocenters. The fraction of sp³-hybridized carbons (Fsp3) is 0. The van der Waals surface area contributed by atoms with Gasteiger partial charge in [-0.15, -0.1) is 12.6 Å². The molecule has 0 aromatic heterocycles. The third-order valence-electron chi connectivity index (χ3n) is 4.06. The molecule has 0 saturated heterocycles. The average Bonchev–Trinajstić information content (AvgIpc) is 2.56. The van der Waals surface area contributed by atoms with Gasteiger partial charge in [0.1, 0.15) is 5.75 Å². The smallest absolute Gasteiger partial charge is 0.124 e. The van der Waals surface area contributed by atoms with Crippen LogP contribution in [-0.4, -0.2) is 5.11 Å². The molecule has 106 valence electrons. The molecule has 2 heteroatoms. The number of thiol groups is 1. The summed E-state index contributed by atoms with van der Waals surface area (Å²) < 4.78 is 0. The van der Waals surface area contributed by atoms with Gasteiger partial charge >= 0.3 is 0 Å². The fourth-order valence-electron chi connectivity index (χ4n) is 3.05. The monoisotopic (exact) mass is 302 g/mol. The molecule has 0 aliphatic heterocycles. The van der Waals surface area contributed by atoms with Crippen LogP contribution in [-0.2, 0) is 0 Å². The Morgan fingerprint density at radius 2 is 1.14 bits per heavy atom. The van der Waals surface area contributed by atoms with Gasteiger partial charge in [-0.1, -0.05) is 60.7 Å². The summed E-state index contributed by atoms with van der Waals surface area (Å²) in [5.74, 6) is 0.283. The Hall–Kier alpha value is -2.45. The van der Waals surface area contributed by atoms with E-state index in [1.807, 2.05) is 42.5 Å². The van der Waals surface area contributed by atoms with Gasteiger partial charge in [0.05, 0.1) is 0 Å². The summed E-state index contributed by atoms with van der Waals surface area (Å²) >= 11 is 4.65. The van der Waals surface area contributed by atoms with Crippen LogP contribution in [0, 0.1) is 0 Å². The first-order chi connectivity index (χ1) is 10.8. The molecule has 0 atom stereocenters. The van der Waals surface area contributed by atoms with E-state index in [0.717, 1.165) is 37.6 Å². The number of fused-ring (bicyclic) bond motifs is 2. The maximum absolute atomic E-state index is 10.5. The van der Waals surface area contributed by atoms with Crippen molar-refractivity contribution in [1.29, 1.82) is 0 Å². The minimum atomic E-state index is 0.283. The van der Waals surface area contributed by atoms with Crippen molar-refractivity contribution < 1.29 is 5.11 Å². The maximum atomic E-state index is 10.5. The lowest BCUT2D eigenvalue weighted by atomic mass is 9.93. The topological polar surface area (TPSA) is 20.2 Å². The van der Waals surface area contributed by atoms with Crippen LogP contribution < -0.4 is 0 Å². The Bertz CT molecular complexity index is 922. The largest absolute Gasteiger partial charge is 0.507 e. The summed E-state index contributed by atoms with van der Waals surface area (Å²) in [4.78, 5) is 0.866. The Morgan fingerprint density at radius 3 is 1.82 bits per heavy atom. The molecule has 0 fully saturated rings. The minimum absolute atomic E-state index is 0.283. The first-order valence-corrected chi connectivity index (χ1v) is 7.62. The standard InChI is InChI=1S/C20H14OS/c21-17-11-9-13-5-1-3-7-15(13)19(17)20-16-8-4-2-6-14(16)10-12-18(20)22/h1-12,21-22H.